The van der Waals surface area contributed by atoms with Crippen LogP contribution in [0.25, 0.3) is 0 Å². The van der Waals surface area contributed by atoms with Crippen LogP contribution in [0.2, 0.25) is 0 Å². The Morgan fingerprint density at radius 2 is 1.70 bits per heavy atom. The Labute approximate surface area is 181 Å². The van der Waals surface area contributed by atoms with Crippen LogP contribution in [0.4, 0.5) is 5.13 Å². The van der Waals surface area contributed by atoms with E-state index in [1.807, 2.05) is 13.8 Å². The third-order valence-electron chi connectivity index (χ3n) is 5.18. The van der Waals surface area contributed by atoms with E-state index in [1.54, 1.807) is 29.5 Å². The minimum absolute atomic E-state index is 0.0979. The fourth-order valence-corrected chi connectivity index (χ4v) is 4.52. The van der Waals surface area contributed by atoms with Gasteiger partial charge in [0.25, 0.3) is 5.91 Å². The number of nitrogens with zero attached hydrogens (tertiary/aromatic N) is 1. The number of methoxy groups -OCH3 is 2. The summed E-state index contributed by atoms with van der Waals surface area (Å²) >= 11 is 1.54. The summed E-state index contributed by atoms with van der Waals surface area (Å²) in [6.07, 6.45) is 5.51. The molecular formula is C22H29N3O4S. The first-order chi connectivity index (χ1) is 14.4. The van der Waals surface area contributed by atoms with Crippen molar-refractivity contribution in [3.05, 3.63) is 34.3 Å². The maximum absolute atomic E-state index is 12.9. The van der Waals surface area contributed by atoms with Crippen LogP contribution in [-0.4, -0.2) is 37.1 Å². The number of nitrogens with one attached hydrogen (secondary N) is 2. The van der Waals surface area contributed by atoms with E-state index < -0.39 is 6.04 Å². The van der Waals surface area contributed by atoms with E-state index in [0.717, 1.165) is 31.4 Å². The number of hydrogen-bond donors (Lipinski definition) is 2. The highest BCUT2D eigenvalue weighted by atomic mass is 32.1. The molecule has 1 aliphatic rings. The Hall–Kier alpha value is -2.61. The summed E-state index contributed by atoms with van der Waals surface area (Å²) in [4.78, 5) is 31.7. The number of amides is 2. The average Bonchev–Trinajstić information content (AvgIpc) is 2.98. The minimum atomic E-state index is -0.696. The number of carbonyl (C=O) groups is 2. The Morgan fingerprint density at radius 1 is 1.03 bits per heavy atom. The fraction of sp³-hybridized carbons (Fsp3) is 0.500. The number of carbonyl (C=O) groups excluding carboxylic acids is 2. The van der Waals surface area contributed by atoms with Gasteiger partial charge in [0.1, 0.15) is 17.5 Å². The molecule has 2 amide bonds. The van der Waals surface area contributed by atoms with Gasteiger partial charge in [0, 0.05) is 16.5 Å². The summed E-state index contributed by atoms with van der Waals surface area (Å²) in [5, 5.41) is 6.36. The number of fused-ring (bicyclic) bond motifs is 1. The van der Waals surface area contributed by atoms with Gasteiger partial charge in [-0.15, -0.1) is 11.3 Å². The second-order valence-corrected chi connectivity index (χ2v) is 8.82. The van der Waals surface area contributed by atoms with Gasteiger partial charge in [0.05, 0.1) is 19.9 Å². The van der Waals surface area contributed by atoms with Gasteiger partial charge >= 0.3 is 0 Å². The molecule has 1 aliphatic carbocycles. The van der Waals surface area contributed by atoms with Gasteiger partial charge < -0.3 is 20.1 Å². The summed E-state index contributed by atoms with van der Waals surface area (Å²) < 4.78 is 10.5. The fourth-order valence-electron chi connectivity index (χ4n) is 3.46. The number of hydrogen-bond acceptors (Lipinski definition) is 6. The van der Waals surface area contributed by atoms with Crippen molar-refractivity contribution in [2.75, 3.05) is 19.5 Å². The highest BCUT2D eigenvalue weighted by molar-refractivity contribution is 7.15. The number of rotatable bonds is 7. The molecule has 1 aromatic heterocycles. The number of aryl methyl sites for hydroxylation is 2. The summed E-state index contributed by atoms with van der Waals surface area (Å²) in [5.74, 6) is 0.288. The zero-order valence-electron chi connectivity index (χ0n) is 17.9. The van der Waals surface area contributed by atoms with E-state index in [4.69, 9.17) is 9.47 Å². The molecule has 0 spiro atoms. The van der Waals surface area contributed by atoms with Crippen molar-refractivity contribution in [1.82, 2.24) is 10.3 Å². The Bertz CT molecular complexity index is 864. The van der Waals surface area contributed by atoms with Gasteiger partial charge in [-0.05, 0) is 43.7 Å². The van der Waals surface area contributed by atoms with Gasteiger partial charge in [-0.1, -0.05) is 20.3 Å². The quantitative estimate of drug-likeness (QED) is 0.651. The van der Waals surface area contributed by atoms with Crippen LogP contribution < -0.4 is 20.1 Å². The zero-order chi connectivity index (χ0) is 21.7. The SMILES string of the molecule is COc1cc(OC)cc(C(=O)NC(C(=O)Nc2nc3c(s2)CCCCC3)C(C)C)c1. The van der Waals surface area contributed by atoms with E-state index in [9.17, 15) is 9.59 Å². The lowest BCUT2D eigenvalue weighted by Gasteiger charge is -2.21. The molecule has 2 aromatic rings. The second kappa shape index (κ2) is 9.93. The summed E-state index contributed by atoms with van der Waals surface area (Å²) in [5.41, 5.74) is 1.46. The van der Waals surface area contributed by atoms with E-state index in [1.165, 1.54) is 25.5 Å². The van der Waals surface area contributed by atoms with E-state index in [2.05, 4.69) is 15.6 Å². The highest BCUT2D eigenvalue weighted by Crippen LogP contribution is 2.29. The molecular weight excluding hydrogens is 402 g/mol. The number of ether oxygens (including phenoxy) is 2. The van der Waals surface area contributed by atoms with Crippen molar-refractivity contribution < 1.29 is 19.1 Å². The number of thiazole rings is 1. The molecule has 8 heteroatoms. The molecule has 0 saturated heterocycles. The first-order valence-electron chi connectivity index (χ1n) is 10.2. The topological polar surface area (TPSA) is 89.5 Å². The molecule has 0 fully saturated rings. The number of anilines is 1. The van der Waals surface area contributed by atoms with Crippen molar-refractivity contribution in [2.45, 2.75) is 52.0 Å². The molecule has 1 heterocycles. The van der Waals surface area contributed by atoms with E-state index in [0.29, 0.717) is 22.2 Å². The largest absolute Gasteiger partial charge is 0.497 e. The Balaban J connectivity index is 1.72. The zero-order valence-corrected chi connectivity index (χ0v) is 18.7. The predicted octanol–water partition coefficient (Wildman–Crippen LogP) is 3.82. The van der Waals surface area contributed by atoms with Crippen LogP contribution in [0.15, 0.2) is 18.2 Å². The monoisotopic (exact) mass is 431 g/mol. The molecule has 0 radical (unpaired) electrons. The van der Waals surface area contributed by atoms with Gasteiger partial charge in [-0.2, -0.15) is 0 Å². The summed E-state index contributed by atoms with van der Waals surface area (Å²) in [6.45, 7) is 3.79. The maximum atomic E-state index is 12.9. The average molecular weight is 432 g/mol. The van der Waals surface area contributed by atoms with Gasteiger partial charge in [-0.25, -0.2) is 4.98 Å². The van der Waals surface area contributed by atoms with Crippen LogP contribution in [0, 0.1) is 5.92 Å². The molecule has 30 heavy (non-hydrogen) atoms. The molecule has 1 unspecified atom stereocenters. The first-order valence-corrected chi connectivity index (χ1v) is 11.1. The molecule has 0 aliphatic heterocycles. The van der Waals surface area contributed by atoms with Crippen LogP contribution in [0.5, 0.6) is 11.5 Å². The smallest absolute Gasteiger partial charge is 0.252 e. The van der Waals surface area contributed by atoms with Gasteiger partial charge in [-0.3, -0.25) is 9.59 Å². The Morgan fingerprint density at radius 3 is 2.33 bits per heavy atom. The lowest BCUT2D eigenvalue weighted by atomic mass is 10.0. The predicted molar refractivity (Wildman–Crippen MR) is 118 cm³/mol. The standard InChI is InChI=1S/C22H29N3O4S/c1-13(2)19(24-20(26)14-10-15(28-3)12-16(11-14)29-4)21(27)25-22-23-17-8-6-5-7-9-18(17)30-22/h10-13,19H,5-9H2,1-4H3,(H,24,26)(H,23,25,27). The van der Waals surface area contributed by atoms with Crippen molar-refractivity contribution in [3.8, 4) is 11.5 Å². The molecule has 0 saturated carbocycles. The maximum Gasteiger partial charge on any atom is 0.252 e. The van der Waals surface area contributed by atoms with Crippen LogP contribution in [0.3, 0.4) is 0 Å². The third kappa shape index (κ3) is 5.30. The second-order valence-electron chi connectivity index (χ2n) is 7.74. The normalized spacial score (nSPS) is 14.4. The van der Waals surface area contributed by atoms with Crippen LogP contribution in [0.1, 0.15) is 54.0 Å². The number of benzene rings is 1. The van der Waals surface area contributed by atoms with Crippen molar-refractivity contribution in [2.24, 2.45) is 5.92 Å². The third-order valence-corrected chi connectivity index (χ3v) is 6.25. The summed E-state index contributed by atoms with van der Waals surface area (Å²) in [6, 6.07) is 4.23. The Kier molecular flexibility index (Phi) is 7.31. The molecule has 162 valence electrons. The lowest BCUT2D eigenvalue weighted by Crippen LogP contribution is -2.47. The molecule has 3 rings (SSSR count). The van der Waals surface area contributed by atoms with E-state index >= 15 is 0 Å². The summed E-state index contributed by atoms with van der Waals surface area (Å²) in [7, 11) is 3.05. The van der Waals surface area contributed by atoms with E-state index in [-0.39, 0.29) is 17.7 Å². The molecule has 0 bridgehead atoms. The van der Waals surface area contributed by atoms with Gasteiger partial charge in [0.2, 0.25) is 5.91 Å². The number of aromatic nitrogens is 1. The molecule has 1 aromatic carbocycles. The van der Waals surface area contributed by atoms with Crippen LogP contribution in [-0.2, 0) is 17.6 Å². The molecule has 2 N–H and O–H groups in total. The lowest BCUT2D eigenvalue weighted by molar-refractivity contribution is -0.118. The van der Waals surface area contributed by atoms with Crippen molar-refractivity contribution in [3.63, 3.8) is 0 Å². The van der Waals surface area contributed by atoms with Crippen molar-refractivity contribution >= 4 is 28.3 Å². The van der Waals surface area contributed by atoms with Crippen molar-refractivity contribution in [1.29, 1.82) is 0 Å². The van der Waals surface area contributed by atoms with Gasteiger partial charge in [0.15, 0.2) is 5.13 Å². The highest BCUT2D eigenvalue weighted by Gasteiger charge is 2.26. The first kappa shape index (κ1) is 22.1. The molecule has 1 atom stereocenters. The van der Waals surface area contributed by atoms with Crippen LogP contribution >= 0.6 is 11.3 Å². The minimum Gasteiger partial charge on any atom is -0.497 e. The molecule has 7 nitrogen and oxygen atoms in total.